The average Bonchev–Trinajstić information content (AvgIpc) is 3.18. The summed E-state index contributed by atoms with van der Waals surface area (Å²) in [4.78, 5) is 12.2. The van der Waals surface area contributed by atoms with Crippen LogP contribution in [0.5, 0.6) is 5.75 Å². The van der Waals surface area contributed by atoms with Crippen molar-refractivity contribution in [1.29, 1.82) is 0 Å². The Balaban J connectivity index is 1.67. The lowest BCUT2D eigenvalue weighted by atomic mass is 10.0. The highest BCUT2D eigenvalue weighted by molar-refractivity contribution is 5.75. The molecule has 0 atom stereocenters. The first kappa shape index (κ1) is 16.0. The summed E-state index contributed by atoms with van der Waals surface area (Å²) >= 11 is 0. The van der Waals surface area contributed by atoms with Crippen LogP contribution in [-0.4, -0.2) is 55.7 Å². The van der Waals surface area contributed by atoms with Crippen molar-refractivity contribution < 1.29 is 14.6 Å². The Morgan fingerprint density at radius 1 is 1.27 bits per heavy atom. The lowest BCUT2D eigenvalue weighted by Crippen LogP contribution is -2.48. The smallest absolute Gasteiger partial charge is 0.407 e. The molecule has 0 spiro atoms. The molecule has 4 rings (SSSR count). The molecule has 1 fully saturated rings. The van der Waals surface area contributed by atoms with Crippen molar-refractivity contribution in [2.75, 3.05) is 20.2 Å². The molecule has 4 heterocycles. The molecule has 3 aromatic heterocycles. The molecular formula is C18H17N5O3. The molecule has 3 aromatic rings. The van der Waals surface area contributed by atoms with E-state index < -0.39 is 6.09 Å². The molecule has 0 saturated carbocycles. The average molecular weight is 351 g/mol. The topological polar surface area (TPSA) is 84.9 Å². The van der Waals surface area contributed by atoms with Crippen molar-refractivity contribution in [3.8, 4) is 28.7 Å². The number of nitrogens with zero attached hydrogens (tertiary/aromatic N) is 5. The van der Waals surface area contributed by atoms with Crippen LogP contribution in [0.2, 0.25) is 0 Å². The summed E-state index contributed by atoms with van der Waals surface area (Å²) in [7, 11) is 3.48. The SMILES string of the molecule is COc1cc(-c2cnn(C)c2)cn2ncc(C#CC3CN(C(=O)O)C3)c12. The Morgan fingerprint density at radius 3 is 2.73 bits per heavy atom. The fourth-order valence-corrected chi connectivity index (χ4v) is 2.97. The summed E-state index contributed by atoms with van der Waals surface area (Å²) in [6, 6.07) is 1.94. The zero-order valence-corrected chi connectivity index (χ0v) is 14.4. The number of pyridine rings is 1. The Morgan fingerprint density at radius 2 is 2.08 bits per heavy atom. The van der Waals surface area contributed by atoms with E-state index in [1.807, 2.05) is 25.5 Å². The largest absolute Gasteiger partial charge is 0.494 e. The summed E-state index contributed by atoms with van der Waals surface area (Å²) in [6.07, 6.45) is 6.43. The summed E-state index contributed by atoms with van der Waals surface area (Å²) in [6.45, 7) is 0.897. The minimum atomic E-state index is -0.899. The zero-order valence-electron chi connectivity index (χ0n) is 14.4. The van der Waals surface area contributed by atoms with E-state index >= 15 is 0 Å². The highest BCUT2D eigenvalue weighted by Gasteiger charge is 2.28. The number of amides is 1. The summed E-state index contributed by atoms with van der Waals surface area (Å²) in [5.41, 5.74) is 3.47. The van der Waals surface area contributed by atoms with Gasteiger partial charge in [-0.25, -0.2) is 9.31 Å². The number of hydrogen-bond donors (Lipinski definition) is 1. The van der Waals surface area contributed by atoms with Crippen LogP contribution >= 0.6 is 0 Å². The van der Waals surface area contributed by atoms with Crippen molar-refractivity contribution >= 4 is 11.6 Å². The van der Waals surface area contributed by atoms with Crippen LogP contribution in [-0.2, 0) is 7.05 Å². The highest BCUT2D eigenvalue weighted by Crippen LogP contribution is 2.29. The van der Waals surface area contributed by atoms with E-state index in [1.165, 1.54) is 4.90 Å². The van der Waals surface area contributed by atoms with E-state index in [1.54, 1.807) is 28.7 Å². The lowest BCUT2D eigenvalue weighted by Gasteiger charge is -2.33. The molecule has 1 N–H and O–H groups in total. The molecule has 1 amide bonds. The van der Waals surface area contributed by atoms with E-state index in [4.69, 9.17) is 9.84 Å². The normalized spacial score (nSPS) is 14.0. The van der Waals surface area contributed by atoms with Crippen molar-refractivity contribution in [3.05, 3.63) is 36.4 Å². The standard InChI is InChI=1S/C18H17N5O3/c1-21-10-15(7-19-21)14-5-16(26-2)17-13(6-20-23(17)11-14)4-3-12-8-22(9-12)18(24)25/h5-7,10-12H,8-9H2,1-2H3,(H,24,25). The van der Waals surface area contributed by atoms with Crippen LogP contribution in [0.15, 0.2) is 30.9 Å². The number of aromatic nitrogens is 4. The molecule has 0 aromatic carbocycles. The fraction of sp³-hybridized carbons (Fsp3) is 0.278. The van der Waals surface area contributed by atoms with Crippen LogP contribution in [0.25, 0.3) is 16.6 Å². The molecule has 0 radical (unpaired) electrons. The minimum absolute atomic E-state index is 0.0571. The van der Waals surface area contributed by atoms with Gasteiger partial charge in [-0.2, -0.15) is 10.2 Å². The fourth-order valence-electron chi connectivity index (χ4n) is 2.97. The Bertz CT molecular complexity index is 1050. The maximum absolute atomic E-state index is 10.8. The Kier molecular flexibility index (Phi) is 3.77. The second-order valence-electron chi connectivity index (χ2n) is 6.21. The maximum atomic E-state index is 10.8. The number of carboxylic acid groups (broad SMARTS) is 1. The monoisotopic (exact) mass is 351 g/mol. The van der Waals surface area contributed by atoms with Crippen molar-refractivity contribution in [2.24, 2.45) is 13.0 Å². The van der Waals surface area contributed by atoms with Crippen LogP contribution in [0.3, 0.4) is 0 Å². The van der Waals surface area contributed by atoms with Crippen LogP contribution in [0.4, 0.5) is 4.79 Å². The van der Waals surface area contributed by atoms with Gasteiger partial charge in [-0.1, -0.05) is 11.8 Å². The number of aryl methyl sites for hydroxylation is 1. The van der Waals surface area contributed by atoms with Gasteiger partial charge in [0.25, 0.3) is 0 Å². The maximum Gasteiger partial charge on any atom is 0.407 e. The first-order valence-corrected chi connectivity index (χ1v) is 8.09. The molecule has 8 nitrogen and oxygen atoms in total. The number of fused-ring (bicyclic) bond motifs is 1. The first-order chi connectivity index (χ1) is 12.5. The number of methoxy groups -OCH3 is 1. The van der Waals surface area contributed by atoms with E-state index in [2.05, 4.69) is 22.0 Å². The third-order valence-corrected chi connectivity index (χ3v) is 4.40. The molecule has 0 aliphatic carbocycles. The van der Waals surface area contributed by atoms with Gasteiger partial charge >= 0.3 is 6.09 Å². The van der Waals surface area contributed by atoms with Gasteiger partial charge in [0.2, 0.25) is 0 Å². The Hall–Kier alpha value is -3.47. The third kappa shape index (κ3) is 2.73. The minimum Gasteiger partial charge on any atom is -0.494 e. The van der Waals surface area contributed by atoms with Gasteiger partial charge in [0.15, 0.2) is 0 Å². The number of ether oxygens (including phenoxy) is 1. The Labute approximate surface area is 149 Å². The van der Waals surface area contributed by atoms with Crippen molar-refractivity contribution in [2.45, 2.75) is 0 Å². The molecule has 0 bridgehead atoms. The zero-order chi connectivity index (χ0) is 18.3. The molecule has 132 valence electrons. The number of rotatable bonds is 2. The van der Waals surface area contributed by atoms with Gasteiger partial charge in [0, 0.05) is 43.7 Å². The van der Waals surface area contributed by atoms with E-state index in [9.17, 15) is 4.79 Å². The van der Waals surface area contributed by atoms with E-state index in [0.29, 0.717) is 18.8 Å². The first-order valence-electron chi connectivity index (χ1n) is 8.09. The van der Waals surface area contributed by atoms with Crippen molar-refractivity contribution in [1.82, 2.24) is 24.3 Å². The van der Waals surface area contributed by atoms with Crippen LogP contribution in [0.1, 0.15) is 5.56 Å². The quantitative estimate of drug-likeness (QED) is 0.711. The third-order valence-electron chi connectivity index (χ3n) is 4.40. The molecule has 1 saturated heterocycles. The van der Waals surface area contributed by atoms with Crippen LogP contribution in [0, 0.1) is 17.8 Å². The lowest BCUT2D eigenvalue weighted by molar-refractivity contribution is 0.0999. The number of hydrogen-bond acceptors (Lipinski definition) is 4. The molecular weight excluding hydrogens is 334 g/mol. The second-order valence-corrected chi connectivity index (χ2v) is 6.21. The summed E-state index contributed by atoms with van der Waals surface area (Å²) < 4.78 is 9.04. The molecule has 1 aliphatic heterocycles. The molecule has 8 heteroatoms. The van der Waals surface area contributed by atoms with Crippen LogP contribution < -0.4 is 4.74 Å². The van der Waals surface area contributed by atoms with Gasteiger partial charge in [-0.15, -0.1) is 0 Å². The van der Waals surface area contributed by atoms with Gasteiger partial charge < -0.3 is 14.7 Å². The molecule has 0 unspecified atom stereocenters. The predicted molar refractivity (Wildman–Crippen MR) is 93.9 cm³/mol. The van der Waals surface area contributed by atoms with E-state index in [-0.39, 0.29) is 5.92 Å². The van der Waals surface area contributed by atoms with Gasteiger partial charge in [0.1, 0.15) is 11.3 Å². The summed E-state index contributed by atoms with van der Waals surface area (Å²) in [5.74, 6) is 6.97. The second kappa shape index (κ2) is 6.11. The van der Waals surface area contributed by atoms with Gasteiger partial charge in [-0.3, -0.25) is 4.68 Å². The van der Waals surface area contributed by atoms with E-state index in [0.717, 1.165) is 22.2 Å². The molecule has 26 heavy (non-hydrogen) atoms. The number of carbonyl (C=O) groups is 1. The number of likely N-dealkylation sites (tertiary alicyclic amines) is 1. The van der Waals surface area contributed by atoms with Crippen molar-refractivity contribution in [3.63, 3.8) is 0 Å². The highest BCUT2D eigenvalue weighted by atomic mass is 16.5. The van der Waals surface area contributed by atoms with Gasteiger partial charge in [0.05, 0.1) is 31.0 Å². The van der Waals surface area contributed by atoms with Gasteiger partial charge in [-0.05, 0) is 6.07 Å². The summed E-state index contributed by atoms with van der Waals surface area (Å²) in [5, 5.41) is 17.5. The molecule has 1 aliphatic rings. The predicted octanol–water partition coefficient (Wildman–Crippen LogP) is 1.70.